The molecule has 3 N–H and O–H groups in total. The fourth-order valence-corrected chi connectivity index (χ4v) is 2.76. The van der Waals surface area contributed by atoms with Crippen LogP contribution in [0.3, 0.4) is 0 Å². The van der Waals surface area contributed by atoms with Gasteiger partial charge in [-0.2, -0.15) is 0 Å². The van der Waals surface area contributed by atoms with Crippen molar-refractivity contribution < 1.29 is 9.94 Å². The number of amidine groups is 1. The van der Waals surface area contributed by atoms with E-state index in [1.807, 2.05) is 18.2 Å². The van der Waals surface area contributed by atoms with E-state index in [2.05, 4.69) is 29.2 Å². The number of hydrogen-bond acceptors (Lipinski definition) is 4. The molecule has 5 heteroatoms. The van der Waals surface area contributed by atoms with E-state index in [0.29, 0.717) is 12.5 Å². The molecule has 5 nitrogen and oxygen atoms in total. The smallest absolute Gasteiger partial charge is 0.141 e. The molecule has 2 rings (SSSR count). The lowest BCUT2D eigenvalue weighted by Gasteiger charge is -2.37. The molecule has 0 spiro atoms. The minimum atomic E-state index is 0.121. The lowest BCUT2D eigenvalue weighted by Crippen LogP contribution is -2.40. The molecule has 0 aromatic heterocycles. The summed E-state index contributed by atoms with van der Waals surface area (Å²) in [5.41, 5.74) is 6.92. The van der Waals surface area contributed by atoms with Crippen LogP contribution in [0.25, 0.3) is 0 Å². The van der Waals surface area contributed by atoms with Crippen LogP contribution in [0, 0.1) is 0 Å². The van der Waals surface area contributed by atoms with Crippen molar-refractivity contribution in [2.75, 3.05) is 20.3 Å². The molecule has 0 radical (unpaired) electrons. The normalized spacial score (nSPS) is 19.2. The first-order valence-electron chi connectivity index (χ1n) is 7.03. The van der Waals surface area contributed by atoms with Crippen molar-refractivity contribution in [1.82, 2.24) is 4.90 Å². The van der Waals surface area contributed by atoms with Crippen LogP contribution in [0.2, 0.25) is 0 Å². The quantitative estimate of drug-likeness (QED) is 0.373. The summed E-state index contributed by atoms with van der Waals surface area (Å²) in [6.45, 7) is 1.61. The van der Waals surface area contributed by atoms with Gasteiger partial charge in [-0.3, -0.25) is 4.90 Å². The Hall–Kier alpha value is -1.59. The lowest BCUT2D eigenvalue weighted by atomic mass is 9.97. The second kappa shape index (κ2) is 7.26. The molecule has 1 aromatic rings. The van der Waals surface area contributed by atoms with Crippen molar-refractivity contribution >= 4 is 5.84 Å². The Morgan fingerprint density at radius 2 is 2.05 bits per heavy atom. The van der Waals surface area contributed by atoms with Crippen molar-refractivity contribution in [2.45, 2.75) is 31.3 Å². The first-order chi connectivity index (χ1) is 9.72. The van der Waals surface area contributed by atoms with Crippen molar-refractivity contribution in [1.29, 1.82) is 0 Å². The number of benzene rings is 1. The molecule has 1 aromatic carbocycles. The van der Waals surface area contributed by atoms with Gasteiger partial charge in [0.25, 0.3) is 0 Å². The van der Waals surface area contributed by atoms with Gasteiger partial charge in [0.15, 0.2) is 0 Å². The fraction of sp³-hybridized carbons (Fsp3) is 0.533. The summed E-state index contributed by atoms with van der Waals surface area (Å²) in [5, 5.41) is 12.0. The second-order valence-corrected chi connectivity index (χ2v) is 5.23. The molecule has 20 heavy (non-hydrogen) atoms. The maximum atomic E-state index is 8.85. The Morgan fingerprint density at radius 1 is 1.40 bits per heavy atom. The maximum Gasteiger partial charge on any atom is 0.141 e. The van der Waals surface area contributed by atoms with Crippen LogP contribution in [-0.4, -0.2) is 42.2 Å². The summed E-state index contributed by atoms with van der Waals surface area (Å²) >= 11 is 0. The predicted molar refractivity (Wildman–Crippen MR) is 78.8 cm³/mol. The molecule has 1 aliphatic rings. The molecule has 1 unspecified atom stereocenters. The van der Waals surface area contributed by atoms with E-state index < -0.39 is 0 Å². The van der Waals surface area contributed by atoms with Crippen LogP contribution in [0.5, 0.6) is 0 Å². The van der Waals surface area contributed by atoms with Crippen molar-refractivity contribution in [3.63, 3.8) is 0 Å². The van der Waals surface area contributed by atoms with E-state index in [0.717, 1.165) is 26.1 Å². The molecule has 110 valence electrons. The van der Waals surface area contributed by atoms with Gasteiger partial charge in [-0.15, -0.1) is 0 Å². The molecule has 0 aliphatic carbocycles. The topological polar surface area (TPSA) is 71.1 Å². The molecule has 0 bridgehead atoms. The Labute approximate surface area is 120 Å². The Morgan fingerprint density at radius 3 is 2.65 bits per heavy atom. The zero-order valence-electron chi connectivity index (χ0n) is 11.9. The van der Waals surface area contributed by atoms with E-state index >= 15 is 0 Å². The molecular weight excluding hydrogens is 254 g/mol. The van der Waals surface area contributed by atoms with E-state index in [4.69, 9.17) is 15.7 Å². The molecule has 1 saturated heterocycles. The van der Waals surface area contributed by atoms with E-state index in [1.165, 1.54) is 5.56 Å². The average molecular weight is 277 g/mol. The molecule has 1 fully saturated rings. The number of rotatable bonds is 5. The van der Waals surface area contributed by atoms with Gasteiger partial charge in [0, 0.05) is 31.7 Å². The van der Waals surface area contributed by atoms with Gasteiger partial charge in [0.05, 0.1) is 0 Å². The molecule has 0 saturated carbocycles. The van der Waals surface area contributed by atoms with E-state index in [9.17, 15) is 0 Å². The van der Waals surface area contributed by atoms with Gasteiger partial charge < -0.3 is 15.7 Å². The number of oxime groups is 1. The van der Waals surface area contributed by atoms with Crippen LogP contribution in [-0.2, 0) is 4.74 Å². The minimum Gasteiger partial charge on any atom is -0.409 e. The number of hydrogen-bond donors (Lipinski definition) is 2. The summed E-state index contributed by atoms with van der Waals surface area (Å²) in [4.78, 5) is 2.33. The Balaban J connectivity index is 2.16. The molecular formula is C15H23N3O2. The third-order valence-corrected chi connectivity index (χ3v) is 3.97. The van der Waals surface area contributed by atoms with E-state index in [-0.39, 0.29) is 11.9 Å². The van der Waals surface area contributed by atoms with Gasteiger partial charge >= 0.3 is 0 Å². The molecule has 0 amide bonds. The summed E-state index contributed by atoms with van der Waals surface area (Å²) in [6, 6.07) is 10.8. The third-order valence-electron chi connectivity index (χ3n) is 3.97. The summed E-state index contributed by atoms with van der Waals surface area (Å²) < 4.78 is 5.42. The second-order valence-electron chi connectivity index (χ2n) is 5.23. The highest BCUT2D eigenvalue weighted by molar-refractivity contribution is 5.80. The molecule has 1 atom stereocenters. The van der Waals surface area contributed by atoms with Crippen LogP contribution >= 0.6 is 0 Å². The lowest BCUT2D eigenvalue weighted by molar-refractivity contribution is 0.0290. The standard InChI is InChI=1S/C15H23N3O2/c1-18(13-7-9-20-10-8-13)14(11-15(16)17-19)12-5-3-2-4-6-12/h2-6,13-14,19H,7-11H2,1H3,(H2,16,17). The van der Waals surface area contributed by atoms with Crippen molar-refractivity contribution in [3.05, 3.63) is 35.9 Å². The highest BCUT2D eigenvalue weighted by Gasteiger charge is 2.26. The zero-order chi connectivity index (χ0) is 14.4. The van der Waals surface area contributed by atoms with Crippen LogP contribution in [0.15, 0.2) is 35.5 Å². The van der Waals surface area contributed by atoms with Gasteiger partial charge in [-0.1, -0.05) is 35.5 Å². The van der Waals surface area contributed by atoms with Crippen LogP contribution in [0.1, 0.15) is 30.9 Å². The summed E-state index contributed by atoms with van der Waals surface area (Å²) in [6.07, 6.45) is 2.57. The third kappa shape index (κ3) is 3.71. The summed E-state index contributed by atoms with van der Waals surface area (Å²) in [7, 11) is 2.11. The Bertz CT molecular complexity index is 430. The average Bonchev–Trinajstić information content (AvgIpc) is 2.53. The van der Waals surface area contributed by atoms with Crippen molar-refractivity contribution in [3.8, 4) is 0 Å². The van der Waals surface area contributed by atoms with E-state index in [1.54, 1.807) is 0 Å². The van der Waals surface area contributed by atoms with Crippen LogP contribution in [0.4, 0.5) is 0 Å². The van der Waals surface area contributed by atoms with Gasteiger partial charge in [0.2, 0.25) is 0 Å². The first-order valence-corrected chi connectivity index (χ1v) is 7.03. The van der Waals surface area contributed by atoms with Gasteiger partial charge in [-0.25, -0.2) is 0 Å². The Kier molecular flexibility index (Phi) is 5.38. The van der Waals surface area contributed by atoms with Gasteiger partial charge in [-0.05, 0) is 25.5 Å². The molecule has 1 heterocycles. The first kappa shape index (κ1) is 14.8. The van der Waals surface area contributed by atoms with Gasteiger partial charge in [0.1, 0.15) is 5.84 Å². The SMILES string of the molecule is CN(C1CCOCC1)C(CC(N)=NO)c1ccccc1. The zero-order valence-corrected chi connectivity index (χ0v) is 11.9. The molecule has 1 aliphatic heterocycles. The van der Waals surface area contributed by atoms with Crippen molar-refractivity contribution in [2.24, 2.45) is 10.9 Å². The fourth-order valence-electron chi connectivity index (χ4n) is 2.76. The monoisotopic (exact) mass is 277 g/mol. The predicted octanol–water partition coefficient (Wildman–Crippen LogP) is 1.97. The van der Waals surface area contributed by atoms with Crippen LogP contribution < -0.4 is 5.73 Å². The summed E-state index contributed by atoms with van der Waals surface area (Å²) in [5.74, 6) is 0.262. The highest BCUT2D eigenvalue weighted by Crippen LogP contribution is 2.28. The largest absolute Gasteiger partial charge is 0.409 e. The minimum absolute atomic E-state index is 0.121. The maximum absolute atomic E-state index is 8.85. The number of nitrogens with two attached hydrogens (primary N) is 1. The number of nitrogens with zero attached hydrogens (tertiary/aromatic N) is 2. The number of ether oxygens (including phenoxy) is 1. The highest BCUT2D eigenvalue weighted by atomic mass is 16.5.